The summed E-state index contributed by atoms with van der Waals surface area (Å²) in [6.45, 7) is 4.79. The Bertz CT molecular complexity index is 3270. The zero-order valence-electron chi connectivity index (χ0n) is 36.5. The van der Waals surface area contributed by atoms with Gasteiger partial charge in [-0.3, -0.25) is 0 Å². The van der Waals surface area contributed by atoms with Crippen LogP contribution in [-0.2, 0) is 16.2 Å². The molecule has 0 atom stereocenters. The minimum atomic E-state index is -0.503. The maximum absolute atomic E-state index is 2.57. The molecule has 0 aliphatic heterocycles. The van der Waals surface area contributed by atoms with Crippen molar-refractivity contribution in [1.29, 1.82) is 0 Å². The van der Waals surface area contributed by atoms with E-state index >= 15 is 0 Å². The fraction of sp³-hybridized carbons (Fsp3) is 0.143. The maximum Gasteiger partial charge on any atom is 0.0714 e. The first-order valence-corrected chi connectivity index (χ1v) is 23.2. The molecular formula is C63H49N. The van der Waals surface area contributed by atoms with Crippen molar-refractivity contribution in [1.82, 2.24) is 0 Å². The molecule has 4 aliphatic rings. The number of hydrogen-bond acceptors (Lipinski definition) is 1. The first-order valence-electron chi connectivity index (χ1n) is 23.2. The lowest BCUT2D eigenvalue weighted by atomic mass is 9.67. The molecule has 13 rings (SSSR count). The van der Waals surface area contributed by atoms with Crippen LogP contribution in [0.4, 0.5) is 17.1 Å². The van der Waals surface area contributed by atoms with E-state index in [0.29, 0.717) is 0 Å². The van der Waals surface area contributed by atoms with E-state index in [0.717, 1.165) is 11.4 Å². The largest absolute Gasteiger partial charge is 0.310 e. The second kappa shape index (κ2) is 13.9. The average molecular weight is 820 g/mol. The first kappa shape index (κ1) is 37.3. The van der Waals surface area contributed by atoms with Gasteiger partial charge in [0.15, 0.2) is 0 Å². The second-order valence-electron chi connectivity index (χ2n) is 19.1. The van der Waals surface area contributed by atoms with Gasteiger partial charge in [-0.1, -0.05) is 203 Å². The molecule has 9 aromatic carbocycles. The Kier molecular flexibility index (Phi) is 8.10. The molecule has 0 aromatic heterocycles. The van der Waals surface area contributed by atoms with Gasteiger partial charge >= 0.3 is 0 Å². The molecule has 0 radical (unpaired) electrons. The van der Waals surface area contributed by atoms with Crippen LogP contribution < -0.4 is 4.90 Å². The predicted molar refractivity (Wildman–Crippen MR) is 266 cm³/mol. The molecule has 0 N–H and O–H groups in total. The molecule has 64 heavy (non-hydrogen) atoms. The fourth-order valence-corrected chi connectivity index (χ4v) is 13.0. The van der Waals surface area contributed by atoms with E-state index in [4.69, 9.17) is 0 Å². The van der Waals surface area contributed by atoms with Crippen molar-refractivity contribution in [2.24, 2.45) is 0 Å². The molecule has 0 unspecified atom stereocenters. The van der Waals surface area contributed by atoms with Crippen LogP contribution in [0.5, 0.6) is 0 Å². The van der Waals surface area contributed by atoms with Crippen molar-refractivity contribution in [2.45, 2.75) is 55.8 Å². The third-order valence-corrected chi connectivity index (χ3v) is 15.7. The normalized spacial score (nSPS) is 16.1. The first-order chi connectivity index (χ1) is 31.5. The molecule has 4 aliphatic carbocycles. The quantitative estimate of drug-likeness (QED) is 0.162. The van der Waals surface area contributed by atoms with Crippen LogP contribution >= 0.6 is 0 Å². The number of hydrogen-bond donors (Lipinski definition) is 0. The lowest BCUT2D eigenvalue weighted by Gasteiger charge is -2.35. The summed E-state index contributed by atoms with van der Waals surface area (Å²) in [5.74, 6) is 0. The highest BCUT2D eigenvalue weighted by molar-refractivity contribution is 5.93. The minimum absolute atomic E-state index is 0.0516. The highest BCUT2D eigenvalue weighted by Gasteiger charge is 2.47. The summed E-state index contributed by atoms with van der Waals surface area (Å²) >= 11 is 0. The smallest absolute Gasteiger partial charge is 0.0714 e. The summed E-state index contributed by atoms with van der Waals surface area (Å²) in [6, 6.07) is 80.6. The van der Waals surface area contributed by atoms with Gasteiger partial charge in [0, 0.05) is 27.9 Å². The third-order valence-electron chi connectivity index (χ3n) is 15.7. The monoisotopic (exact) mass is 819 g/mol. The van der Waals surface area contributed by atoms with Gasteiger partial charge in [0.05, 0.1) is 5.41 Å². The van der Waals surface area contributed by atoms with Gasteiger partial charge in [0.2, 0.25) is 0 Å². The molecule has 1 fully saturated rings. The van der Waals surface area contributed by atoms with E-state index in [1.165, 1.54) is 120 Å². The van der Waals surface area contributed by atoms with Crippen molar-refractivity contribution < 1.29 is 0 Å². The topological polar surface area (TPSA) is 3.24 Å². The Hall–Kier alpha value is -7.22. The third kappa shape index (κ3) is 5.07. The Balaban J connectivity index is 1.06. The second-order valence-corrected chi connectivity index (χ2v) is 19.1. The molecule has 0 bridgehead atoms. The van der Waals surface area contributed by atoms with Crippen molar-refractivity contribution in [3.05, 3.63) is 257 Å². The van der Waals surface area contributed by atoms with E-state index in [-0.39, 0.29) is 10.8 Å². The Morgan fingerprint density at radius 2 is 0.812 bits per heavy atom. The lowest BCUT2D eigenvalue weighted by Crippen LogP contribution is -2.28. The SMILES string of the molecule is CC1(C)c2ccccc2-c2cccc(-c3cccc(N(c4ccc5c(c4)C4(CCCC4)c4ccccc4-5)c4ccc5c(c4)C(c4ccccc4)(c4ccccc4)c4ccccc4-5)c3)c21. The van der Waals surface area contributed by atoms with E-state index in [1.807, 2.05) is 0 Å². The molecule has 0 amide bonds. The molecule has 9 aromatic rings. The maximum atomic E-state index is 2.57. The minimum Gasteiger partial charge on any atom is -0.310 e. The number of fused-ring (bicyclic) bond motifs is 11. The Morgan fingerprint density at radius 1 is 0.344 bits per heavy atom. The molecule has 1 saturated carbocycles. The summed E-state index contributed by atoms with van der Waals surface area (Å²) in [7, 11) is 0. The molecule has 0 saturated heterocycles. The van der Waals surface area contributed by atoms with Crippen LogP contribution in [0, 0.1) is 0 Å². The number of nitrogens with zero attached hydrogens (tertiary/aromatic N) is 1. The van der Waals surface area contributed by atoms with Crippen molar-refractivity contribution in [3.8, 4) is 44.5 Å². The van der Waals surface area contributed by atoms with Gasteiger partial charge < -0.3 is 4.90 Å². The fourth-order valence-electron chi connectivity index (χ4n) is 13.0. The zero-order valence-corrected chi connectivity index (χ0v) is 36.5. The van der Waals surface area contributed by atoms with Gasteiger partial charge in [-0.2, -0.15) is 0 Å². The van der Waals surface area contributed by atoms with Crippen LogP contribution in [0.15, 0.2) is 212 Å². The molecule has 1 nitrogen and oxygen atoms in total. The van der Waals surface area contributed by atoms with Crippen LogP contribution in [-0.4, -0.2) is 0 Å². The van der Waals surface area contributed by atoms with E-state index in [9.17, 15) is 0 Å². The molecule has 1 spiro atoms. The Morgan fingerprint density at radius 3 is 1.48 bits per heavy atom. The van der Waals surface area contributed by atoms with Crippen LogP contribution in [0.3, 0.4) is 0 Å². The lowest BCUT2D eigenvalue weighted by molar-refractivity contribution is 0.550. The van der Waals surface area contributed by atoms with Gasteiger partial charge in [-0.15, -0.1) is 0 Å². The molecule has 306 valence electrons. The van der Waals surface area contributed by atoms with Crippen LogP contribution in [0.2, 0.25) is 0 Å². The number of rotatable bonds is 6. The average Bonchev–Trinajstić information content (AvgIpc) is 4.09. The van der Waals surface area contributed by atoms with Crippen molar-refractivity contribution in [3.63, 3.8) is 0 Å². The van der Waals surface area contributed by atoms with Gasteiger partial charge in [-0.25, -0.2) is 0 Å². The van der Waals surface area contributed by atoms with Gasteiger partial charge in [-0.05, 0) is 138 Å². The number of benzene rings is 9. The highest BCUT2D eigenvalue weighted by Crippen LogP contribution is 2.60. The van der Waals surface area contributed by atoms with E-state index in [2.05, 4.69) is 231 Å². The van der Waals surface area contributed by atoms with Gasteiger partial charge in [0.25, 0.3) is 0 Å². The zero-order chi connectivity index (χ0) is 42.6. The summed E-state index contributed by atoms with van der Waals surface area (Å²) in [4.78, 5) is 2.56. The number of anilines is 3. The molecular weight excluding hydrogens is 771 g/mol. The van der Waals surface area contributed by atoms with E-state index in [1.54, 1.807) is 0 Å². The Labute approximate surface area is 377 Å². The summed E-state index contributed by atoms with van der Waals surface area (Å²) in [5, 5.41) is 0. The standard InChI is InChI=1S/C63H49N/c1-61(2)55-30-12-9-27-51(55)54-29-18-28-48(60(54)61)42-19-17-24-45(39-42)64(46-33-35-52-49-25-10-13-31-56(49)62(58(52)40-46)37-15-16-38-62)47-34-36-53-50-26-11-14-32-57(50)63(59(53)41-47,43-20-5-3-6-21-43)44-22-7-4-8-23-44/h3-14,17-36,39-41H,15-16,37-38H2,1-2H3. The summed E-state index contributed by atoms with van der Waals surface area (Å²) in [6.07, 6.45) is 4.91. The van der Waals surface area contributed by atoms with Crippen molar-refractivity contribution in [2.75, 3.05) is 4.90 Å². The highest BCUT2D eigenvalue weighted by atomic mass is 15.1. The van der Waals surface area contributed by atoms with Gasteiger partial charge in [0.1, 0.15) is 0 Å². The van der Waals surface area contributed by atoms with E-state index < -0.39 is 5.41 Å². The van der Waals surface area contributed by atoms with Crippen LogP contribution in [0.1, 0.15) is 84.0 Å². The predicted octanol–water partition coefficient (Wildman–Crippen LogP) is 16.3. The molecule has 0 heterocycles. The molecule has 1 heteroatoms. The van der Waals surface area contributed by atoms with Crippen molar-refractivity contribution >= 4 is 17.1 Å². The van der Waals surface area contributed by atoms with Crippen LogP contribution in [0.25, 0.3) is 44.5 Å². The summed E-state index contributed by atoms with van der Waals surface area (Å²) in [5.41, 5.74) is 24.5. The summed E-state index contributed by atoms with van der Waals surface area (Å²) < 4.78 is 0.